The molecule has 2 heterocycles. The molecular formula is C28H24F3N7O4S. The van der Waals surface area contributed by atoms with Crippen LogP contribution in [0.25, 0.3) is 0 Å². The second-order valence-electron chi connectivity index (χ2n) is 9.70. The Balaban J connectivity index is 1.37. The number of aryl methyl sites for hydroxylation is 1. The molecule has 4 N–H and O–H groups in total. The Labute approximate surface area is 244 Å². The number of halogens is 3. The third kappa shape index (κ3) is 6.27. The molecule has 0 atom stereocenters. The number of carbonyl (C=O) groups is 2. The minimum Gasteiger partial charge on any atom is -0.324 e. The lowest BCUT2D eigenvalue weighted by molar-refractivity contribution is -0.137. The Kier molecular flexibility index (Phi) is 7.54. The summed E-state index contributed by atoms with van der Waals surface area (Å²) in [6.07, 6.45) is -3.07. The highest BCUT2D eigenvalue weighted by Crippen LogP contribution is 2.34. The summed E-state index contributed by atoms with van der Waals surface area (Å²) in [6, 6.07) is 14.3. The van der Waals surface area contributed by atoms with Crippen molar-refractivity contribution in [1.29, 1.82) is 0 Å². The SMILES string of the molecule is Cc1ccc(NC(=O)c2cccc(C(F)(F)F)c2)cc1N1Cc2cnc(Nc3cccc(S(N)(=O)=O)c3)nc2N(C)C1=O. The largest absolute Gasteiger partial charge is 0.416 e. The molecule has 0 saturated carbocycles. The zero-order valence-corrected chi connectivity index (χ0v) is 23.5. The Morgan fingerprint density at radius 1 is 1.02 bits per heavy atom. The zero-order valence-electron chi connectivity index (χ0n) is 22.7. The number of carbonyl (C=O) groups excluding carboxylic acids is 2. The van der Waals surface area contributed by atoms with E-state index < -0.39 is 33.7 Å². The molecule has 0 bridgehead atoms. The van der Waals surface area contributed by atoms with Gasteiger partial charge in [-0.25, -0.2) is 23.3 Å². The van der Waals surface area contributed by atoms with Crippen molar-refractivity contribution < 1.29 is 31.2 Å². The van der Waals surface area contributed by atoms with Gasteiger partial charge in [0.1, 0.15) is 5.82 Å². The highest BCUT2D eigenvalue weighted by atomic mass is 32.2. The van der Waals surface area contributed by atoms with Crippen LogP contribution in [0.5, 0.6) is 0 Å². The number of amides is 3. The highest BCUT2D eigenvalue weighted by molar-refractivity contribution is 7.89. The molecule has 3 amide bonds. The van der Waals surface area contributed by atoms with Gasteiger partial charge in [-0.15, -0.1) is 0 Å². The molecule has 5 rings (SSSR count). The predicted molar refractivity (Wildman–Crippen MR) is 154 cm³/mol. The fourth-order valence-electron chi connectivity index (χ4n) is 4.46. The standard InChI is InChI=1S/C28H24F3N7O4S/c1-16-9-10-21(34-25(39)17-5-3-6-19(11-17)28(29,30)31)13-23(16)38-15-18-14-33-26(36-24(18)37(2)27(38)40)35-20-7-4-8-22(12-20)43(32,41)42/h3-14H,15H2,1-2H3,(H,34,39)(H2,32,41,42)(H,33,35,36). The first-order valence-electron chi connectivity index (χ1n) is 12.6. The molecule has 11 nitrogen and oxygen atoms in total. The van der Waals surface area contributed by atoms with E-state index in [0.29, 0.717) is 28.3 Å². The number of hydrogen-bond donors (Lipinski definition) is 3. The van der Waals surface area contributed by atoms with Crippen LogP contribution in [-0.4, -0.2) is 37.4 Å². The number of nitrogens with zero attached hydrogens (tertiary/aromatic N) is 4. The fourth-order valence-corrected chi connectivity index (χ4v) is 5.02. The normalized spacial score (nSPS) is 13.5. The number of anilines is 5. The lowest BCUT2D eigenvalue weighted by atomic mass is 10.1. The molecule has 43 heavy (non-hydrogen) atoms. The molecule has 0 spiro atoms. The molecule has 0 fully saturated rings. The number of primary sulfonamides is 1. The number of alkyl halides is 3. The van der Waals surface area contributed by atoms with Crippen molar-refractivity contribution in [2.45, 2.75) is 24.5 Å². The first kappa shape index (κ1) is 29.5. The van der Waals surface area contributed by atoms with E-state index in [0.717, 1.165) is 18.2 Å². The quantitative estimate of drug-likeness (QED) is 0.277. The molecule has 4 aromatic rings. The number of nitrogens with one attached hydrogen (secondary N) is 2. The van der Waals surface area contributed by atoms with Crippen molar-refractivity contribution in [1.82, 2.24) is 9.97 Å². The summed E-state index contributed by atoms with van der Waals surface area (Å²) in [5.41, 5.74) is 1.31. The number of nitrogens with two attached hydrogens (primary N) is 1. The van der Waals surface area contributed by atoms with Crippen molar-refractivity contribution >= 4 is 50.8 Å². The first-order chi connectivity index (χ1) is 20.2. The van der Waals surface area contributed by atoms with Crippen LogP contribution in [0.3, 0.4) is 0 Å². The summed E-state index contributed by atoms with van der Waals surface area (Å²) in [7, 11) is -2.39. The van der Waals surface area contributed by atoms with E-state index in [4.69, 9.17) is 5.14 Å². The summed E-state index contributed by atoms with van der Waals surface area (Å²) in [5.74, 6) is -0.293. The Hall–Kier alpha value is -5.02. The predicted octanol–water partition coefficient (Wildman–Crippen LogP) is 5.02. The minimum absolute atomic E-state index is 0.0888. The van der Waals surface area contributed by atoms with Crippen molar-refractivity contribution in [2.24, 2.45) is 5.14 Å². The molecule has 1 aromatic heterocycles. The number of rotatable bonds is 6. The summed E-state index contributed by atoms with van der Waals surface area (Å²) >= 11 is 0. The van der Waals surface area contributed by atoms with E-state index >= 15 is 0 Å². The van der Waals surface area contributed by atoms with Gasteiger partial charge in [-0.1, -0.05) is 18.2 Å². The van der Waals surface area contributed by atoms with E-state index in [1.807, 2.05) is 0 Å². The third-order valence-corrected chi connectivity index (χ3v) is 7.55. The van der Waals surface area contributed by atoms with Gasteiger partial charge in [-0.3, -0.25) is 14.6 Å². The average molecular weight is 612 g/mol. The summed E-state index contributed by atoms with van der Waals surface area (Å²) in [4.78, 5) is 37.6. The van der Waals surface area contributed by atoms with E-state index in [-0.39, 0.29) is 28.6 Å². The highest BCUT2D eigenvalue weighted by Gasteiger charge is 2.32. The molecule has 0 unspecified atom stereocenters. The second kappa shape index (κ2) is 11.0. The number of hydrogen-bond acceptors (Lipinski definition) is 7. The van der Waals surface area contributed by atoms with Crippen LogP contribution in [-0.2, 0) is 22.7 Å². The Morgan fingerprint density at radius 2 is 1.77 bits per heavy atom. The average Bonchev–Trinajstić information content (AvgIpc) is 2.95. The van der Waals surface area contributed by atoms with Gasteiger partial charge >= 0.3 is 12.2 Å². The smallest absolute Gasteiger partial charge is 0.324 e. The number of sulfonamides is 1. The van der Waals surface area contributed by atoms with E-state index in [9.17, 15) is 31.2 Å². The molecule has 0 aliphatic carbocycles. The van der Waals surface area contributed by atoms with Gasteiger partial charge in [-0.05, 0) is 61.0 Å². The molecular weight excluding hydrogens is 587 g/mol. The number of urea groups is 1. The molecule has 1 aliphatic rings. The van der Waals surface area contributed by atoms with Crippen LogP contribution in [0.2, 0.25) is 0 Å². The van der Waals surface area contributed by atoms with Crippen LogP contribution in [0, 0.1) is 6.92 Å². The second-order valence-corrected chi connectivity index (χ2v) is 11.3. The molecule has 3 aromatic carbocycles. The van der Waals surface area contributed by atoms with Gasteiger partial charge in [0.05, 0.1) is 22.7 Å². The van der Waals surface area contributed by atoms with Gasteiger partial charge in [0.15, 0.2) is 0 Å². The summed E-state index contributed by atoms with van der Waals surface area (Å²) in [5, 5.41) is 10.7. The maximum atomic E-state index is 13.4. The third-order valence-electron chi connectivity index (χ3n) is 6.63. The van der Waals surface area contributed by atoms with Gasteiger partial charge < -0.3 is 10.6 Å². The molecule has 0 radical (unpaired) electrons. The molecule has 222 valence electrons. The van der Waals surface area contributed by atoms with Crippen LogP contribution >= 0.6 is 0 Å². The number of fused-ring (bicyclic) bond motifs is 1. The zero-order chi connectivity index (χ0) is 31.1. The number of aromatic nitrogens is 2. The van der Waals surface area contributed by atoms with Gasteiger partial charge in [-0.2, -0.15) is 18.2 Å². The van der Waals surface area contributed by atoms with Crippen molar-refractivity contribution in [3.05, 3.63) is 95.2 Å². The lowest BCUT2D eigenvalue weighted by Crippen LogP contribution is -2.46. The topological polar surface area (TPSA) is 151 Å². The Morgan fingerprint density at radius 3 is 2.49 bits per heavy atom. The van der Waals surface area contributed by atoms with Crippen LogP contribution in [0.4, 0.5) is 46.8 Å². The number of benzene rings is 3. The van der Waals surface area contributed by atoms with Gasteiger partial charge in [0.2, 0.25) is 16.0 Å². The summed E-state index contributed by atoms with van der Waals surface area (Å²) in [6.45, 7) is 1.86. The Bertz CT molecular complexity index is 1870. The van der Waals surface area contributed by atoms with Crippen LogP contribution in [0.15, 0.2) is 77.8 Å². The minimum atomic E-state index is -4.59. The van der Waals surface area contributed by atoms with Crippen molar-refractivity contribution in [3.63, 3.8) is 0 Å². The summed E-state index contributed by atoms with van der Waals surface area (Å²) < 4.78 is 62.6. The maximum absolute atomic E-state index is 13.4. The van der Waals surface area contributed by atoms with Crippen LogP contribution < -0.4 is 25.6 Å². The maximum Gasteiger partial charge on any atom is 0.416 e. The van der Waals surface area contributed by atoms with Crippen molar-refractivity contribution in [2.75, 3.05) is 27.5 Å². The van der Waals surface area contributed by atoms with E-state index in [1.165, 1.54) is 47.3 Å². The molecule has 1 aliphatic heterocycles. The molecule has 15 heteroatoms. The molecule has 0 saturated heterocycles. The van der Waals surface area contributed by atoms with Crippen molar-refractivity contribution in [3.8, 4) is 0 Å². The van der Waals surface area contributed by atoms with Gasteiger partial charge in [0.25, 0.3) is 5.91 Å². The van der Waals surface area contributed by atoms with E-state index in [1.54, 1.807) is 31.2 Å². The fraction of sp³-hybridized carbons (Fsp3) is 0.143. The van der Waals surface area contributed by atoms with Crippen LogP contribution in [0.1, 0.15) is 27.0 Å². The lowest BCUT2D eigenvalue weighted by Gasteiger charge is -2.35. The first-order valence-corrected chi connectivity index (χ1v) is 14.2. The van der Waals surface area contributed by atoms with E-state index in [2.05, 4.69) is 20.6 Å². The monoisotopic (exact) mass is 611 g/mol. The van der Waals surface area contributed by atoms with Gasteiger partial charge in [0, 0.05) is 35.7 Å².